The summed E-state index contributed by atoms with van der Waals surface area (Å²) in [4.78, 5) is 40.3. The summed E-state index contributed by atoms with van der Waals surface area (Å²) >= 11 is 5.98. The summed E-state index contributed by atoms with van der Waals surface area (Å²) in [5.74, 6) is -1.14. The van der Waals surface area contributed by atoms with Gasteiger partial charge in [-0.2, -0.15) is 0 Å². The summed E-state index contributed by atoms with van der Waals surface area (Å²) < 4.78 is 26.3. The Morgan fingerprint density at radius 1 is 1.09 bits per heavy atom. The van der Waals surface area contributed by atoms with Gasteiger partial charge in [-0.15, -0.1) is 0 Å². The molecule has 1 heterocycles. The average molecular weight is 520 g/mol. The summed E-state index contributed by atoms with van der Waals surface area (Å²) in [7, 11) is -3.93. The van der Waals surface area contributed by atoms with Crippen LogP contribution in [0.1, 0.15) is 56.0 Å². The number of carbonyl (C=O) groups is 3. The van der Waals surface area contributed by atoms with Crippen molar-refractivity contribution in [2.75, 3.05) is 6.54 Å². The van der Waals surface area contributed by atoms with Gasteiger partial charge in [-0.3, -0.25) is 14.4 Å². The number of carbonyl (C=O) groups excluding carboxylic acids is 3. The first-order chi connectivity index (χ1) is 16.6. The Morgan fingerprint density at radius 2 is 1.74 bits per heavy atom. The van der Waals surface area contributed by atoms with E-state index in [0.717, 1.165) is 9.87 Å². The Kier molecular flexibility index (Phi) is 8.56. The Morgan fingerprint density at radius 3 is 2.34 bits per heavy atom. The van der Waals surface area contributed by atoms with E-state index in [2.05, 4.69) is 5.32 Å². The van der Waals surface area contributed by atoms with Gasteiger partial charge in [0.15, 0.2) is 0 Å². The van der Waals surface area contributed by atoms with Crippen LogP contribution in [0.4, 0.5) is 0 Å². The van der Waals surface area contributed by atoms with E-state index in [1.165, 1.54) is 17.0 Å². The quantitative estimate of drug-likeness (QED) is 0.516. The van der Waals surface area contributed by atoms with Gasteiger partial charge in [0.1, 0.15) is 10.9 Å². The van der Waals surface area contributed by atoms with Crippen LogP contribution in [0, 0.1) is 0 Å². The van der Waals surface area contributed by atoms with E-state index in [9.17, 15) is 22.8 Å². The van der Waals surface area contributed by atoms with Crippen molar-refractivity contribution >= 4 is 39.3 Å². The molecule has 35 heavy (non-hydrogen) atoms. The van der Waals surface area contributed by atoms with E-state index in [1.54, 1.807) is 36.4 Å². The summed E-state index contributed by atoms with van der Waals surface area (Å²) in [5, 5.41) is 3.43. The van der Waals surface area contributed by atoms with Crippen LogP contribution >= 0.6 is 11.6 Å². The van der Waals surface area contributed by atoms with Crippen molar-refractivity contribution in [3.63, 3.8) is 0 Å². The van der Waals surface area contributed by atoms with Crippen LogP contribution in [0.5, 0.6) is 0 Å². The van der Waals surface area contributed by atoms with E-state index in [0.29, 0.717) is 11.4 Å². The summed E-state index contributed by atoms with van der Waals surface area (Å²) in [6.07, 6.45) is 0.526. The van der Waals surface area contributed by atoms with Crippen LogP contribution in [-0.2, 0) is 26.2 Å². The van der Waals surface area contributed by atoms with Crippen molar-refractivity contribution in [3.05, 3.63) is 64.7 Å². The Hall–Kier alpha value is -2.91. The van der Waals surface area contributed by atoms with E-state index in [4.69, 9.17) is 11.6 Å². The molecule has 10 heteroatoms. The average Bonchev–Trinajstić information content (AvgIpc) is 3.00. The second-order valence-electron chi connectivity index (χ2n) is 8.72. The van der Waals surface area contributed by atoms with Crippen LogP contribution in [0.15, 0.2) is 53.4 Å². The van der Waals surface area contributed by atoms with Crippen LogP contribution in [0.3, 0.4) is 0 Å². The van der Waals surface area contributed by atoms with Gasteiger partial charge >= 0.3 is 0 Å². The Labute approximate surface area is 211 Å². The van der Waals surface area contributed by atoms with Gasteiger partial charge in [0.25, 0.3) is 15.9 Å². The van der Waals surface area contributed by atoms with Gasteiger partial charge in [0.2, 0.25) is 11.8 Å². The van der Waals surface area contributed by atoms with E-state index >= 15 is 0 Å². The molecule has 2 aromatic rings. The highest BCUT2D eigenvalue weighted by molar-refractivity contribution is 7.90. The van der Waals surface area contributed by atoms with Crippen molar-refractivity contribution in [2.45, 2.75) is 63.6 Å². The largest absolute Gasteiger partial charge is 0.352 e. The first-order valence-corrected chi connectivity index (χ1v) is 13.4. The molecular weight excluding hydrogens is 490 g/mol. The number of rotatable bonds is 10. The zero-order chi connectivity index (χ0) is 25.8. The number of hydrogen-bond donors (Lipinski definition) is 1. The zero-order valence-electron chi connectivity index (χ0n) is 20.0. The van der Waals surface area contributed by atoms with Gasteiger partial charge in [0, 0.05) is 30.6 Å². The number of halogens is 1. The fourth-order valence-electron chi connectivity index (χ4n) is 4.06. The number of fused-ring (bicyclic) bond motifs is 1. The molecule has 0 saturated heterocycles. The second-order valence-corrected chi connectivity index (χ2v) is 11.0. The lowest BCUT2D eigenvalue weighted by Crippen LogP contribution is -2.50. The normalized spacial score (nSPS) is 15.1. The summed E-state index contributed by atoms with van der Waals surface area (Å²) in [5.41, 5.74) is 0.950. The second kappa shape index (κ2) is 11.2. The molecule has 2 aromatic carbocycles. The predicted octanol–water partition coefficient (Wildman–Crippen LogP) is 3.60. The standard InChI is InChI=1S/C25H30ClN3O5S/c1-4-21(24(31)27-17(2)3)28(16-18-11-13-19(26)14-12-18)23(30)10-7-15-29-25(32)20-8-5-6-9-22(20)35(29,33)34/h5-6,8-9,11-14,17,21H,4,7,10,15-16H2,1-3H3,(H,27,31)/t21-/m0/s1. The molecule has 1 aliphatic rings. The van der Waals surface area contributed by atoms with Crippen LogP contribution < -0.4 is 5.32 Å². The SMILES string of the molecule is CC[C@@H](C(=O)NC(C)C)N(Cc1ccc(Cl)cc1)C(=O)CCCN1C(=O)c2ccccc2S1(=O)=O. The van der Waals surface area contributed by atoms with Gasteiger partial charge < -0.3 is 10.2 Å². The number of nitrogens with zero attached hydrogens (tertiary/aromatic N) is 2. The molecule has 0 fully saturated rings. The zero-order valence-corrected chi connectivity index (χ0v) is 21.6. The van der Waals surface area contributed by atoms with Gasteiger partial charge in [-0.1, -0.05) is 42.8 Å². The number of sulfonamides is 1. The number of nitrogens with one attached hydrogen (secondary N) is 1. The monoisotopic (exact) mass is 519 g/mol. The lowest BCUT2D eigenvalue weighted by Gasteiger charge is -2.31. The number of amides is 3. The summed E-state index contributed by atoms with van der Waals surface area (Å²) in [6.45, 7) is 5.61. The lowest BCUT2D eigenvalue weighted by atomic mass is 10.1. The van der Waals surface area contributed by atoms with Crippen molar-refractivity contribution in [3.8, 4) is 0 Å². The smallest absolute Gasteiger partial charge is 0.269 e. The first kappa shape index (κ1) is 26.7. The topological polar surface area (TPSA) is 104 Å². The molecule has 0 spiro atoms. The molecule has 188 valence electrons. The number of benzene rings is 2. The highest BCUT2D eigenvalue weighted by Crippen LogP contribution is 2.30. The van der Waals surface area contributed by atoms with Crippen molar-refractivity contribution in [1.82, 2.24) is 14.5 Å². The van der Waals surface area contributed by atoms with Crippen molar-refractivity contribution < 1.29 is 22.8 Å². The molecular formula is C25H30ClN3O5S. The van der Waals surface area contributed by atoms with E-state index < -0.39 is 22.0 Å². The van der Waals surface area contributed by atoms with E-state index in [1.807, 2.05) is 20.8 Å². The molecule has 3 rings (SSSR count). The van der Waals surface area contributed by atoms with Crippen molar-refractivity contribution in [2.24, 2.45) is 0 Å². The van der Waals surface area contributed by atoms with Crippen LogP contribution in [-0.4, -0.2) is 54.0 Å². The Balaban J connectivity index is 1.74. The molecule has 0 aliphatic carbocycles. The molecule has 0 saturated carbocycles. The lowest BCUT2D eigenvalue weighted by molar-refractivity contribution is -0.141. The highest BCUT2D eigenvalue weighted by Gasteiger charge is 2.40. The maximum absolute atomic E-state index is 13.3. The fourth-order valence-corrected chi connectivity index (χ4v) is 5.79. The predicted molar refractivity (Wildman–Crippen MR) is 133 cm³/mol. The molecule has 3 amide bonds. The Bertz CT molecular complexity index is 1200. The fraction of sp³-hybridized carbons (Fsp3) is 0.400. The van der Waals surface area contributed by atoms with Gasteiger partial charge in [-0.25, -0.2) is 12.7 Å². The highest BCUT2D eigenvalue weighted by atomic mass is 35.5. The molecule has 0 unspecified atom stereocenters. The van der Waals surface area contributed by atoms with Gasteiger partial charge in [-0.05, 0) is 56.5 Å². The first-order valence-electron chi connectivity index (χ1n) is 11.6. The van der Waals surface area contributed by atoms with Gasteiger partial charge in [0.05, 0.1) is 5.56 Å². The molecule has 1 aliphatic heterocycles. The number of hydrogen-bond acceptors (Lipinski definition) is 5. The minimum Gasteiger partial charge on any atom is -0.352 e. The molecule has 8 nitrogen and oxygen atoms in total. The molecule has 0 radical (unpaired) electrons. The molecule has 0 aromatic heterocycles. The minimum atomic E-state index is -3.93. The third-order valence-electron chi connectivity index (χ3n) is 5.75. The third-order valence-corrected chi connectivity index (χ3v) is 7.84. The molecule has 1 N–H and O–H groups in total. The molecule has 1 atom stereocenters. The van der Waals surface area contributed by atoms with E-state index in [-0.39, 0.29) is 54.2 Å². The molecule has 0 bridgehead atoms. The van der Waals surface area contributed by atoms with Crippen molar-refractivity contribution in [1.29, 1.82) is 0 Å². The van der Waals surface area contributed by atoms with Crippen LogP contribution in [0.25, 0.3) is 0 Å². The maximum atomic E-state index is 13.3. The van der Waals surface area contributed by atoms with Crippen LogP contribution in [0.2, 0.25) is 5.02 Å². The summed E-state index contributed by atoms with van der Waals surface area (Å²) in [6, 6.07) is 12.3. The third kappa shape index (κ3) is 6.02. The maximum Gasteiger partial charge on any atom is 0.269 e. The minimum absolute atomic E-state index is 0.0166.